The Morgan fingerprint density at radius 1 is 1.26 bits per heavy atom. The average molecular weight is 454 g/mol. The predicted octanol–water partition coefficient (Wildman–Crippen LogP) is 5.28. The summed E-state index contributed by atoms with van der Waals surface area (Å²) in [6.45, 7) is 8.27. The van der Waals surface area contributed by atoms with E-state index in [1.807, 2.05) is 35.9 Å². The summed E-state index contributed by atoms with van der Waals surface area (Å²) in [5.41, 5.74) is 5.10. The van der Waals surface area contributed by atoms with Crippen LogP contribution in [0.1, 0.15) is 35.1 Å². The van der Waals surface area contributed by atoms with E-state index in [9.17, 15) is 4.79 Å². The number of furan rings is 1. The molecule has 3 heterocycles. The highest BCUT2D eigenvalue weighted by Gasteiger charge is 2.22. The predicted molar refractivity (Wildman–Crippen MR) is 123 cm³/mol. The molecule has 3 aromatic heterocycles. The van der Waals surface area contributed by atoms with Gasteiger partial charge in [-0.05, 0) is 44.0 Å². The Labute approximate surface area is 189 Å². The normalized spacial score (nSPS) is 11.1. The fraction of sp³-hybridized carbons (Fsp3) is 0.273. The molecule has 0 saturated heterocycles. The van der Waals surface area contributed by atoms with Crippen molar-refractivity contribution in [2.75, 3.05) is 4.90 Å². The van der Waals surface area contributed by atoms with Gasteiger partial charge in [0.15, 0.2) is 10.3 Å². The van der Waals surface area contributed by atoms with E-state index in [1.54, 1.807) is 36.2 Å². The van der Waals surface area contributed by atoms with Gasteiger partial charge in [-0.15, -0.1) is 21.5 Å². The lowest BCUT2D eigenvalue weighted by Crippen LogP contribution is -2.24. The zero-order valence-corrected chi connectivity index (χ0v) is 19.5. The van der Waals surface area contributed by atoms with Gasteiger partial charge in [-0.3, -0.25) is 9.69 Å². The van der Waals surface area contributed by atoms with Gasteiger partial charge >= 0.3 is 0 Å². The average Bonchev–Trinajstić information content (AvgIpc) is 3.45. The van der Waals surface area contributed by atoms with E-state index in [1.165, 1.54) is 16.9 Å². The van der Waals surface area contributed by atoms with Crippen LogP contribution >= 0.6 is 23.1 Å². The van der Waals surface area contributed by atoms with Crippen LogP contribution in [0.15, 0.2) is 51.8 Å². The van der Waals surface area contributed by atoms with Crippen LogP contribution in [0.25, 0.3) is 0 Å². The maximum atomic E-state index is 12.5. The zero-order chi connectivity index (χ0) is 22.0. The molecule has 4 aromatic rings. The number of hydrogen-bond donors (Lipinski definition) is 0. The first-order chi connectivity index (χ1) is 14.9. The molecule has 0 spiro atoms. The molecule has 160 valence electrons. The smallest absolute Gasteiger partial charge is 0.230 e. The topological polar surface area (TPSA) is 77.1 Å². The minimum Gasteiger partial charge on any atom is -0.467 e. The molecule has 0 radical (unpaired) electrons. The minimum atomic E-state index is -0.0539. The van der Waals surface area contributed by atoms with Gasteiger partial charge in [0.1, 0.15) is 12.1 Å². The van der Waals surface area contributed by atoms with Gasteiger partial charge in [0.2, 0.25) is 5.91 Å². The summed E-state index contributed by atoms with van der Waals surface area (Å²) in [6, 6.07) is 7.97. The van der Waals surface area contributed by atoms with E-state index in [2.05, 4.69) is 29.3 Å². The molecule has 0 aliphatic carbocycles. The standard InChI is InChI=1S/C22H23N5O2S2/c1-14-8-15(2)20(16(3)9-14)27(17(4)28)21-24-18(11-30-21)12-31-22-25-23-13-26(22)10-19-6-5-7-29-19/h5-9,11,13H,10,12H2,1-4H3. The number of thioether (sulfide) groups is 1. The summed E-state index contributed by atoms with van der Waals surface area (Å²) < 4.78 is 7.35. The first-order valence-corrected chi connectivity index (χ1v) is 11.6. The van der Waals surface area contributed by atoms with E-state index in [0.29, 0.717) is 17.4 Å². The summed E-state index contributed by atoms with van der Waals surface area (Å²) in [4.78, 5) is 19.0. The molecule has 0 bridgehead atoms. The molecule has 0 aliphatic heterocycles. The van der Waals surface area contributed by atoms with Crippen LogP contribution < -0.4 is 4.90 Å². The van der Waals surface area contributed by atoms with Crippen molar-refractivity contribution in [1.82, 2.24) is 19.7 Å². The summed E-state index contributed by atoms with van der Waals surface area (Å²) in [6.07, 6.45) is 3.35. The van der Waals surface area contributed by atoms with Crippen molar-refractivity contribution in [3.05, 3.63) is 70.4 Å². The van der Waals surface area contributed by atoms with Crippen LogP contribution in [0, 0.1) is 20.8 Å². The SMILES string of the molecule is CC(=O)N(c1nc(CSc2nncn2Cc2ccco2)cs1)c1c(C)cc(C)cc1C. The van der Waals surface area contributed by atoms with Crippen LogP contribution in [-0.4, -0.2) is 25.7 Å². The molecule has 9 heteroatoms. The molecule has 31 heavy (non-hydrogen) atoms. The number of aryl methyl sites for hydroxylation is 3. The number of amides is 1. The van der Waals surface area contributed by atoms with Gasteiger partial charge < -0.3 is 8.98 Å². The van der Waals surface area contributed by atoms with Crippen molar-refractivity contribution in [3.63, 3.8) is 0 Å². The second-order valence-corrected chi connectivity index (χ2v) is 9.11. The van der Waals surface area contributed by atoms with Crippen molar-refractivity contribution in [3.8, 4) is 0 Å². The quantitative estimate of drug-likeness (QED) is 0.354. The number of aromatic nitrogens is 4. The molecule has 0 saturated carbocycles. The number of hydrogen-bond acceptors (Lipinski definition) is 7. The fourth-order valence-corrected chi connectivity index (χ4v) is 5.34. The maximum absolute atomic E-state index is 12.5. The number of carbonyl (C=O) groups excluding carboxylic acids is 1. The van der Waals surface area contributed by atoms with E-state index < -0.39 is 0 Å². The van der Waals surface area contributed by atoms with Gasteiger partial charge in [0, 0.05) is 18.1 Å². The van der Waals surface area contributed by atoms with Crippen molar-refractivity contribution < 1.29 is 9.21 Å². The third-order valence-corrected chi connectivity index (χ3v) is 6.63. The first-order valence-electron chi connectivity index (χ1n) is 9.78. The van der Waals surface area contributed by atoms with Crippen molar-refractivity contribution in [2.45, 2.75) is 45.1 Å². The van der Waals surface area contributed by atoms with Crippen LogP contribution in [-0.2, 0) is 17.1 Å². The second kappa shape index (κ2) is 9.07. The third kappa shape index (κ3) is 4.72. The van der Waals surface area contributed by atoms with Gasteiger partial charge in [-0.2, -0.15) is 0 Å². The highest BCUT2D eigenvalue weighted by molar-refractivity contribution is 7.98. The Balaban J connectivity index is 1.52. The van der Waals surface area contributed by atoms with Gasteiger partial charge in [0.05, 0.1) is 24.2 Å². The Hall–Kier alpha value is -2.91. The number of anilines is 2. The van der Waals surface area contributed by atoms with Crippen molar-refractivity contribution in [1.29, 1.82) is 0 Å². The third-order valence-electron chi connectivity index (χ3n) is 4.74. The highest BCUT2D eigenvalue weighted by atomic mass is 32.2. The van der Waals surface area contributed by atoms with E-state index in [-0.39, 0.29) is 5.91 Å². The van der Waals surface area contributed by atoms with Crippen LogP contribution in [0.5, 0.6) is 0 Å². The monoisotopic (exact) mass is 453 g/mol. The molecule has 0 aliphatic rings. The molecular formula is C22H23N5O2S2. The Morgan fingerprint density at radius 2 is 2.03 bits per heavy atom. The number of nitrogens with zero attached hydrogens (tertiary/aromatic N) is 5. The molecule has 1 amide bonds. The minimum absolute atomic E-state index is 0.0539. The molecule has 1 aromatic carbocycles. The van der Waals surface area contributed by atoms with E-state index in [4.69, 9.17) is 9.40 Å². The number of rotatable bonds is 7. The molecule has 0 fully saturated rings. The molecule has 0 unspecified atom stereocenters. The molecule has 0 atom stereocenters. The summed E-state index contributed by atoms with van der Waals surface area (Å²) in [5.74, 6) is 1.42. The highest BCUT2D eigenvalue weighted by Crippen LogP contribution is 2.35. The van der Waals surface area contributed by atoms with Crippen LogP contribution in [0.3, 0.4) is 0 Å². The lowest BCUT2D eigenvalue weighted by molar-refractivity contribution is -0.115. The van der Waals surface area contributed by atoms with E-state index >= 15 is 0 Å². The summed E-state index contributed by atoms with van der Waals surface area (Å²) in [7, 11) is 0. The molecular weight excluding hydrogens is 430 g/mol. The van der Waals surface area contributed by atoms with Crippen LogP contribution in [0.2, 0.25) is 0 Å². The first kappa shape index (κ1) is 21.3. The Kier molecular flexibility index (Phi) is 6.24. The van der Waals surface area contributed by atoms with E-state index in [0.717, 1.165) is 33.4 Å². The number of thiazole rings is 1. The lowest BCUT2D eigenvalue weighted by Gasteiger charge is -2.23. The fourth-order valence-electron chi connectivity index (χ4n) is 3.55. The number of carbonyl (C=O) groups is 1. The largest absolute Gasteiger partial charge is 0.467 e. The molecule has 0 N–H and O–H groups in total. The van der Waals surface area contributed by atoms with Gasteiger partial charge in [0.25, 0.3) is 0 Å². The van der Waals surface area contributed by atoms with Crippen molar-refractivity contribution >= 4 is 39.8 Å². The lowest BCUT2D eigenvalue weighted by atomic mass is 10.0. The maximum Gasteiger partial charge on any atom is 0.230 e. The van der Waals surface area contributed by atoms with Crippen LogP contribution in [0.4, 0.5) is 10.8 Å². The summed E-state index contributed by atoms with van der Waals surface area (Å²) >= 11 is 3.02. The zero-order valence-electron chi connectivity index (χ0n) is 17.8. The Bertz CT molecular complexity index is 1170. The van der Waals surface area contributed by atoms with Crippen molar-refractivity contribution in [2.24, 2.45) is 0 Å². The number of benzene rings is 1. The van der Waals surface area contributed by atoms with Gasteiger partial charge in [-0.1, -0.05) is 29.5 Å². The Morgan fingerprint density at radius 3 is 2.71 bits per heavy atom. The molecule has 7 nitrogen and oxygen atoms in total. The summed E-state index contributed by atoms with van der Waals surface area (Å²) in [5, 5.41) is 11.7. The van der Waals surface area contributed by atoms with Gasteiger partial charge in [-0.25, -0.2) is 4.98 Å². The molecule has 4 rings (SSSR count). The second-order valence-electron chi connectivity index (χ2n) is 7.33.